The first kappa shape index (κ1) is 35.3. The Balaban J connectivity index is 1.36. The van der Waals surface area contributed by atoms with E-state index in [1.165, 1.54) is 6.92 Å². The molecule has 262 valence electrons. The van der Waals surface area contributed by atoms with Crippen LogP contribution in [0.1, 0.15) is 79.2 Å². The van der Waals surface area contributed by atoms with E-state index in [0.29, 0.717) is 45.3 Å². The number of carbonyl (C=O) groups excluding carboxylic acids is 6. The molecule has 6 amide bonds. The highest BCUT2D eigenvalue weighted by Gasteiger charge is 2.70. The van der Waals surface area contributed by atoms with E-state index in [1.807, 2.05) is 51.1 Å². The number of benzene rings is 1. The monoisotopic (exact) mass is 664 g/mol. The number of nitrogens with zero attached hydrogens (tertiary/aromatic N) is 2. The fourth-order valence-corrected chi connectivity index (χ4v) is 8.28. The summed E-state index contributed by atoms with van der Waals surface area (Å²) in [5, 5.41) is 8.96. The van der Waals surface area contributed by atoms with Gasteiger partial charge in [-0.2, -0.15) is 0 Å². The van der Waals surface area contributed by atoms with Gasteiger partial charge in [0, 0.05) is 26.6 Å². The van der Waals surface area contributed by atoms with Crippen LogP contribution in [0.2, 0.25) is 0 Å². The summed E-state index contributed by atoms with van der Waals surface area (Å²) < 4.78 is 0. The van der Waals surface area contributed by atoms with E-state index in [9.17, 15) is 28.8 Å². The van der Waals surface area contributed by atoms with E-state index in [4.69, 9.17) is 5.73 Å². The summed E-state index contributed by atoms with van der Waals surface area (Å²) >= 11 is 0. The van der Waals surface area contributed by atoms with Crippen molar-refractivity contribution in [1.82, 2.24) is 25.8 Å². The molecule has 6 atom stereocenters. The molecular formula is C36H52N6O6. The highest BCUT2D eigenvalue weighted by Crippen LogP contribution is 2.65. The summed E-state index contributed by atoms with van der Waals surface area (Å²) in [6.07, 6.45) is 4.20. The number of nitrogens with one attached hydrogen (secondary N) is 3. The quantitative estimate of drug-likeness (QED) is 0.279. The first-order valence-corrected chi connectivity index (χ1v) is 17.3. The number of fused-ring (bicyclic) bond motifs is 1. The van der Waals surface area contributed by atoms with Gasteiger partial charge in [-0.1, -0.05) is 71.4 Å². The van der Waals surface area contributed by atoms with Gasteiger partial charge in [0.25, 0.3) is 5.91 Å². The molecule has 0 radical (unpaired) electrons. The maximum atomic E-state index is 14.5. The number of ketones is 1. The summed E-state index contributed by atoms with van der Waals surface area (Å²) in [5.41, 5.74) is 4.71. The molecule has 5 N–H and O–H groups in total. The molecule has 1 aromatic rings. The number of urea groups is 1. The molecule has 12 heteroatoms. The molecule has 2 saturated carbocycles. The van der Waals surface area contributed by atoms with E-state index in [2.05, 4.69) is 29.8 Å². The largest absolute Gasteiger partial charge is 0.363 e. The molecule has 1 aromatic carbocycles. The number of rotatable bonds is 10. The van der Waals surface area contributed by atoms with E-state index in [1.54, 1.807) is 9.80 Å². The number of hydrogen-bond donors (Lipinski definition) is 4. The average Bonchev–Trinajstić information content (AvgIpc) is 3.29. The Morgan fingerprint density at radius 2 is 1.67 bits per heavy atom. The summed E-state index contributed by atoms with van der Waals surface area (Å²) in [7, 11) is 0. The molecular weight excluding hydrogens is 612 g/mol. The number of Topliss-reactive ketones (excluding diaryl/α,β-unsaturated/α-hetero) is 1. The maximum Gasteiger partial charge on any atom is 0.315 e. The number of carbonyl (C=O) groups is 6. The van der Waals surface area contributed by atoms with Crippen LogP contribution in [0.15, 0.2) is 30.3 Å². The van der Waals surface area contributed by atoms with Crippen molar-refractivity contribution in [2.45, 2.75) is 104 Å². The number of amides is 6. The minimum Gasteiger partial charge on any atom is -0.363 e. The summed E-state index contributed by atoms with van der Waals surface area (Å²) in [6, 6.07) is 6.42. The van der Waals surface area contributed by atoms with E-state index in [-0.39, 0.29) is 35.0 Å². The number of likely N-dealkylation sites (tertiary alicyclic amines) is 2. The lowest BCUT2D eigenvalue weighted by Crippen LogP contribution is -2.66. The van der Waals surface area contributed by atoms with Crippen LogP contribution < -0.4 is 21.7 Å². The third kappa shape index (κ3) is 7.08. The third-order valence-electron chi connectivity index (χ3n) is 11.4. The Morgan fingerprint density at radius 1 is 1.00 bits per heavy atom. The summed E-state index contributed by atoms with van der Waals surface area (Å²) in [4.78, 5) is 82.6. The molecule has 0 aromatic heterocycles. The van der Waals surface area contributed by atoms with Crippen molar-refractivity contribution in [3.8, 4) is 0 Å². The zero-order valence-electron chi connectivity index (χ0n) is 29.1. The van der Waals surface area contributed by atoms with Gasteiger partial charge in [0.2, 0.25) is 23.5 Å². The molecule has 2 heterocycles. The normalized spacial score (nSPS) is 27.5. The highest BCUT2D eigenvalue weighted by atomic mass is 16.2. The van der Waals surface area contributed by atoms with Gasteiger partial charge in [-0.05, 0) is 66.3 Å². The molecule has 2 saturated heterocycles. The predicted octanol–water partition coefficient (Wildman–Crippen LogP) is 2.15. The van der Waals surface area contributed by atoms with Crippen molar-refractivity contribution in [1.29, 1.82) is 0 Å². The second-order valence-corrected chi connectivity index (χ2v) is 16.2. The molecule has 4 fully saturated rings. The van der Waals surface area contributed by atoms with Crippen LogP contribution in [0, 0.1) is 28.6 Å². The van der Waals surface area contributed by atoms with Crippen LogP contribution >= 0.6 is 0 Å². The molecule has 12 nitrogen and oxygen atoms in total. The van der Waals surface area contributed by atoms with Crippen LogP contribution in [-0.4, -0.2) is 88.5 Å². The Hall–Kier alpha value is -3.96. The van der Waals surface area contributed by atoms with Gasteiger partial charge in [0.05, 0.1) is 5.54 Å². The van der Waals surface area contributed by atoms with Crippen molar-refractivity contribution in [3.05, 3.63) is 35.9 Å². The molecule has 2 unspecified atom stereocenters. The lowest BCUT2D eigenvalue weighted by molar-refractivity contribution is -0.145. The van der Waals surface area contributed by atoms with Crippen LogP contribution in [0.5, 0.6) is 0 Å². The standard InChI is InChI=1S/C36H52N6O6/c1-21(43)41-17-11-16-36(20-41,18-22-12-8-7-9-13-22)40-33(48)39-29(34(2,3)4)32(47)42-19-24-25(35(24,5)6)27(42)31(46)38-26(23-14-10-15-23)28(44)30(37)45/h7-9,12-13,23-27,29H,10-11,14-20H2,1-6H3,(H2,37,45)(H,38,46)(H2,39,40,48)/t24-,25-,26?,27-,29+,36?/m0/s1. The lowest BCUT2D eigenvalue weighted by atomic mass is 9.78. The fraction of sp³-hybridized carbons (Fsp3) is 0.667. The third-order valence-corrected chi connectivity index (χ3v) is 11.4. The Labute approximate surface area is 283 Å². The van der Waals surface area contributed by atoms with Crippen molar-refractivity contribution < 1.29 is 28.8 Å². The van der Waals surface area contributed by atoms with Gasteiger partial charge in [-0.3, -0.25) is 24.0 Å². The van der Waals surface area contributed by atoms with Crippen LogP contribution in [0.25, 0.3) is 0 Å². The predicted molar refractivity (Wildman–Crippen MR) is 179 cm³/mol. The van der Waals surface area contributed by atoms with Crippen LogP contribution in [0.3, 0.4) is 0 Å². The van der Waals surface area contributed by atoms with Gasteiger partial charge >= 0.3 is 6.03 Å². The number of primary amides is 1. The number of hydrogen-bond acceptors (Lipinski definition) is 6. The van der Waals surface area contributed by atoms with Crippen molar-refractivity contribution >= 4 is 35.4 Å². The van der Waals surface area contributed by atoms with E-state index in [0.717, 1.165) is 18.4 Å². The van der Waals surface area contributed by atoms with Crippen molar-refractivity contribution in [2.24, 2.45) is 34.3 Å². The highest BCUT2D eigenvalue weighted by molar-refractivity contribution is 6.38. The van der Waals surface area contributed by atoms with Gasteiger partial charge in [-0.15, -0.1) is 0 Å². The second-order valence-electron chi connectivity index (χ2n) is 16.2. The molecule has 0 bridgehead atoms. The summed E-state index contributed by atoms with van der Waals surface area (Å²) in [6.45, 7) is 12.5. The van der Waals surface area contributed by atoms with E-state index < -0.39 is 52.7 Å². The first-order valence-electron chi connectivity index (χ1n) is 17.3. The Bertz CT molecular complexity index is 1450. The molecule has 48 heavy (non-hydrogen) atoms. The SMILES string of the molecule is CC(=O)N1CCCC(Cc2ccccc2)(NC(=O)N[C@H](C(=O)N2C[C@H]3[C@@H]([C@H]2C(=O)NC(C(=O)C(N)=O)C2CCC2)C3(C)C)C(C)(C)C)C1. The smallest absolute Gasteiger partial charge is 0.315 e. The minimum absolute atomic E-state index is 0.0611. The number of nitrogens with two attached hydrogens (primary N) is 1. The molecule has 4 aliphatic rings. The Morgan fingerprint density at radius 3 is 2.23 bits per heavy atom. The zero-order valence-corrected chi connectivity index (χ0v) is 29.1. The number of piperidine rings is 2. The van der Waals surface area contributed by atoms with Gasteiger partial charge < -0.3 is 31.5 Å². The molecule has 2 aliphatic heterocycles. The maximum absolute atomic E-state index is 14.5. The average molecular weight is 665 g/mol. The van der Waals surface area contributed by atoms with E-state index >= 15 is 0 Å². The minimum atomic E-state index is -1.09. The van der Waals surface area contributed by atoms with Crippen molar-refractivity contribution in [2.75, 3.05) is 19.6 Å². The van der Waals surface area contributed by atoms with Crippen LogP contribution in [0.4, 0.5) is 4.79 Å². The fourth-order valence-electron chi connectivity index (χ4n) is 8.28. The second kappa shape index (κ2) is 13.2. The lowest BCUT2D eigenvalue weighted by Gasteiger charge is -2.44. The van der Waals surface area contributed by atoms with Gasteiger partial charge in [0.15, 0.2) is 0 Å². The summed E-state index contributed by atoms with van der Waals surface area (Å²) in [5.74, 6) is -3.05. The zero-order chi connectivity index (χ0) is 35.2. The molecule has 2 aliphatic carbocycles. The van der Waals surface area contributed by atoms with Gasteiger partial charge in [0.1, 0.15) is 18.1 Å². The molecule has 5 rings (SSSR count). The topological polar surface area (TPSA) is 171 Å². The molecule has 0 spiro atoms. The Kier molecular flexibility index (Phi) is 9.69. The van der Waals surface area contributed by atoms with Crippen LogP contribution in [-0.2, 0) is 30.4 Å². The van der Waals surface area contributed by atoms with Crippen molar-refractivity contribution in [3.63, 3.8) is 0 Å². The van der Waals surface area contributed by atoms with Gasteiger partial charge in [-0.25, -0.2) is 4.79 Å². The first-order chi connectivity index (χ1) is 22.4.